The van der Waals surface area contributed by atoms with E-state index in [-0.39, 0.29) is 11.2 Å². The molecule has 4 nitrogen and oxygen atoms in total. The molecule has 0 radical (unpaired) electrons. The van der Waals surface area contributed by atoms with Crippen LogP contribution in [0, 0.1) is 0 Å². The van der Waals surface area contributed by atoms with E-state index in [2.05, 4.69) is 20.9 Å². The number of pyridine rings is 1. The summed E-state index contributed by atoms with van der Waals surface area (Å²) >= 11 is 3.15. The van der Waals surface area contributed by atoms with Crippen molar-refractivity contribution in [3.05, 3.63) is 27.3 Å². The van der Waals surface area contributed by atoms with Crippen LogP contribution in [0.4, 0.5) is 5.69 Å². The number of hydrogen-bond donors (Lipinski definition) is 2. The number of fused-ring (bicyclic) bond motifs is 1. The van der Waals surface area contributed by atoms with Crippen molar-refractivity contribution in [2.24, 2.45) is 0 Å². The van der Waals surface area contributed by atoms with Gasteiger partial charge in [-0.05, 0) is 15.9 Å². The highest BCUT2D eigenvalue weighted by atomic mass is 79.9. The molecule has 0 aliphatic carbocycles. The summed E-state index contributed by atoms with van der Waals surface area (Å²) in [5.74, 6) is 0. The monoisotopic (exact) mass is 228 g/mol. The molecule has 0 saturated carbocycles. The Balaban J connectivity index is 2.99. The van der Waals surface area contributed by atoms with Crippen molar-refractivity contribution in [1.82, 2.24) is 4.98 Å². The Labute approximate surface area is 75.5 Å². The molecule has 62 valence electrons. The number of furan rings is 1. The molecule has 0 atom stereocenters. The molecule has 12 heavy (non-hydrogen) atoms. The fraction of sp³-hybridized carbons (Fsp3) is 0. The maximum atomic E-state index is 11.0. The van der Waals surface area contributed by atoms with Gasteiger partial charge in [0.1, 0.15) is 5.69 Å². The van der Waals surface area contributed by atoms with Crippen LogP contribution >= 0.6 is 15.9 Å². The van der Waals surface area contributed by atoms with Gasteiger partial charge in [0.15, 0.2) is 10.3 Å². The van der Waals surface area contributed by atoms with E-state index in [0.29, 0.717) is 10.3 Å². The Bertz CT molecular complexity index is 486. The maximum absolute atomic E-state index is 11.0. The second-order valence-electron chi connectivity index (χ2n) is 2.37. The molecule has 0 unspecified atom stereocenters. The minimum absolute atomic E-state index is 0.109. The van der Waals surface area contributed by atoms with E-state index in [1.54, 1.807) is 12.3 Å². The number of rotatable bonds is 0. The summed E-state index contributed by atoms with van der Waals surface area (Å²) in [6.45, 7) is 0. The summed E-state index contributed by atoms with van der Waals surface area (Å²) in [6, 6.07) is 1.74. The molecule has 2 aromatic rings. The predicted octanol–water partition coefficient (Wildman–Crippen LogP) is 1.47. The largest absolute Gasteiger partial charge is 0.447 e. The third-order valence-electron chi connectivity index (χ3n) is 1.58. The molecular formula is C7H5BrN2O2. The molecule has 2 aromatic heterocycles. The van der Waals surface area contributed by atoms with E-state index in [9.17, 15) is 4.79 Å². The lowest BCUT2D eigenvalue weighted by Crippen LogP contribution is -2.10. The molecule has 0 spiro atoms. The first-order valence-electron chi connectivity index (χ1n) is 3.24. The van der Waals surface area contributed by atoms with Crippen molar-refractivity contribution in [1.29, 1.82) is 0 Å². The van der Waals surface area contributed by atoms with Gasteiger partial charge in [0, 0.05) is 17.6 Å². The number of hydrogen-bond acceptors (Lipinski definition) is 3. The molecule has 0 aliphatic heterocycles. The highest BCUT2D eigenvalue weighted by Gasteiger charge is 2.06. The molecule has 5 heteroatoms. The standard InChI is InChI=1S/C7H5BrN2O2/c8-4-1-3-2-10-7(11)5(9)6(3)12-4/h1-2H,9H2,(H,10,11). The number of H-pyrrole nitrogens is 1. The van der Waals surface area contributed by atoms with Gasteiger partial charge in [-0.15, -0.1) is 0 Å². The lowest BCUT2D eigenvalue weighted by molar-refractivity contribution is 0.588. The lowest BCUT2D eigenvalue weighted by Gasteiger charge is -1.90. The summed E-state index contributed by atoms with van der Waals surface area (Å²) < 4.78 is 5.71. The van der Waals surface area contributed by atoms with Crippen LogP contribution in [-0.2, 0) is 0 Å². The van der Waals surface area contributed by atoms with Crippen molar-refractivity contribution in [3.8, 4) is 0 Å². The van der Waals surface area contributed by atoms with Crippen molar-refractivity contribution >= 4 is 32.6 Å². The number of nitrogen functional groups attached to an aromatic ring is 1. The fourth-order valence-electron chi connectivity index (χ4n) is 1.02. The van der Waals surface area contributed by atoms with Gasteiger partial charge >= 0.3 is 0 Å². The Kier molecular flexibility index (Phi) is 1.47. The van der Waals surface area contributed by atoms with Crippen molar-refractivity contribution in [2.45, 2.75) is 0 Å². The van der Waals surface area contributed by atoms with E-state index in [1.807, 2.05) is 0 Å². The molecule has 0 saturated heterocycles. The topological polar surface area (TPSA) is 72.0 Å². The smallest absolute Gasteiger partial charge is 0.274 e. The second kappa shape index (κ2) is 2.38. The van der Waals surface area contributed by atoms with Crippen LogP contribution in [0.25, 0.3) is 11.0 Å². The number of anilines is 1. The predicted molar refractivity (Wildman–Crippen MR) is 48.9 cm³/mol. The number of aromatic amines is 1. The first kappa shape index (κ1) is 7.42. The van der Waals surface area contributed by atoms with Gasteiger partial charge in [0.05, 0.1) is 0 Å². The summed E-state index contributed by atoms with van der Waals surface area (Å²) in [4.78, 5) is 13.5. The van der Waals surface area contributed by atoms with Crippen LogP contribution in [0.3, 0.4) is 0 Å². The fourth-order valence-corrected chi connectivity index (χ4v) is 1.42. The Morgan fingerprint density at radius 1 is 1.58 bits per heavy atom. The summed E-state index contributed by atoms with van der Waals surface area (Å²) in [5, 5.41) is 0.777. The molecule has 3 N–H and O–H groups in total. The van der Waals surface area contributed by atoms with Gasteiger partial charge in [-0.25, -0.2) is 0 Å². The van der Waals surface area contributed by atoms with Gasteiger partial charge in [-0.3, -0.25) is 4.79 Å². The third kappa shape index (κ3) is 0.937. The normalized spacial score (nSPS) is 10.8. The summed E-state index contributed by atoms with van der Waals surface area (Å²) in [6.07, 6.45) is 1.56. The molecule has 2 rings (SSSR count). The van der Waals surface area contributed by atoms with Crippen LogP contribution < -0.4 is 11.3 Å². The van der Waals surface area contributed by atoms with E-state index in [0.717, 1.165) is 5.39 Å². The van der Waals surface area contributed by atoms with Gasteiger partial charge in [-0.2, -0.15) is 0 Å². The van der Waals surface area contributed by atoms with Crippen LogP contribution in [0.2, 0.25) is 0 Å². The Morgan fingerprint density at radius 3 is 3.08 bits per heavy atom. The zero-order chi connectivity index (χ0) is 8.72. The quantitative estimate of drug-likeness (QED) is 0.718. The molecule has 0 aliphatic rings. The van der Waals surface area contributed by atoms with Crippen LogP contribution in [0.1, 0.15) is 0 Å². The van der Waals surface area contributed by atoms with E-state index in [4.69, 9.17) is 10.2 Å². The average molecular weight is 229 g/mol. The van der Waals surface area contributed by atoms with Gasteiger partial charge in [-0.1, -0.05) is 0 Å². The van der Waals surface area contributed by atoms with Crippen LogP contribution in [0.15, 0.2) is 26.1 Å². The molecular weight excluding hydrogens is 224 g/mol. The third-order valence-corrected chi connectivity index (χ3v) is 1.97. The highest BCUT2D eigenvalue weighted by Crippen LogP contribution is 2.24. The minimum atomic E-state index is -0.329. The molecule has 0 bridgehead atoms. The Morgan fingerprint density at radius 2 is 2.33 bits per heavy atom. The maximum Gasteiger partial charge on any atom is 0.274 e. The van der Waals surface area contributed by atoms with Crippen LogP contribution in [0.5, 0.6) is 0 Å². The first-order valence-corrected chi connectivity index (χ1v) is 4.04. The molecule has 0 fully saturated rings. The van der Waals surface area contributed by atoms with Gasteiger partial charge < -0.3 is 15.1 Å². The molecule has 0 amide bonds. The van der Waals surface area contributed by atoms with Crippen molar-refractivity contribution in [3.63, 3.8) is 0 Å². The first-order chi connectivity index (χ1) is 5.68. The van der Waals surface area contributed by atoms with E-state index in [1.165, 1.54) is 0 Å². The lowest BCUT2D eigenvalue weighted by atomic mass is 10.3. The molecule has 2 heterocycles. The summed E-state index contributed by atoms with van der Waals surface area (Å²) in [7, 11) is 0. The second-order valence-corrected chi connectivity index (χ2v) is 3.15. The van der Waals surface area contributed by atoms with E-state index >= 15 is 0 Å². The number of halogens is 1. The summed E-state index contributed by atoms with van der Waals surface area (Å²) in [5.41, 5.74) is 5.68. The van der Waals surface area contributed by atoms with Gasteiger partial charge in [0.2, 0.25) is 0 Å². The number of aromatic nitrogens is 1. The van der Waals surface area contributed by atoms with Gasteiger partial charge in [0.25, 0.3) is 5.56 Å². The van der Waals surface area contributed by atoms with Crippen LogP contribution in [-0.4, -0.2) is 4.98 Å². The number of nitrogens with one attached hydrogen (secondary N) is 1. The highest BCUT2D eigenvalue weighted by molar-refractivity contribution is 9.10. The SMILES string of the molecule is Nc1c(=O)[nH]cc2cc(Br)oc12. The zero-order valence-corrected chi connectivity index (χ0v) is 7.51. The van der Waals surface area contributed by atoms with Crippen molar-refractivity contribution < 1.29 is 4.42 Å². The van der Waals surface area contributed by atoms with Crippen molar-refractivity contribution in [2.75, 3.05) is 5.73 Å². The molecule has 0 aromatic carbocycles. The van der Waals surface area contributed by atoms with E-state index < -0.39 is 0 Å². The average Bonchev–Trinajstić information content (AvgIpc) is 2.39. The number of nitrogens with two attached hydrogens (primary N) is 1. The Hall–Kier alpha value is -1.23. The minimum Gasteiger partial charge on any atom is -0.447 e. The zero-order valence-electron chi connectivity index (χ0n) is 5.93.